The molecule has 0 aliphatic carbocycles. The van der Waals surface area contributed by atoms with Crippen molar-refractivity contribution in [2.45, 2.75) is 13.8 Å². The number of carbonyl (C=O) groups excluding carboxylic acids is 2. The maximum atomic E-state index is 11.9. The minimum Gasteiger partial charge on any atom is -0.303 e. The minimum atomic E-state index is -3.18. The number of fused-ring (bicyclic) bond motifs is 1. The van der Waals surface area contributed by atoms with Crippen LogP contribution in [-0.2, 0) is 14.6 Å². The summed E-state index contributed by atoms with van der Waals surface area (Å²) in [4.78, 5) is 25.1. The van der Waals surface area contributed by atoms with Crippen molar-refractivity contribution in [3.8, 4) is 0 Å². The molecule has 0 N–H and O–H groups in total. The van der Waals surface area contributed by atoms with E-state index >= 15 is 0 Å². The molecule has 1 amide bonds. The highest BCUT2D eigenvalue weighted by molar-refractivity contribution is 7.90. The van der Waals surface area contributed by atoms with Crippen molar-refractivity contribution in [2.75, 3.05) is 23.5 Å². The first kappa shape index (κ1) is 13.7. The van der Waals surface area contributed by atoms with Crippen LogP contribution in [0, 0.1) is 13.8 Å². The third-order valence-corrected chi connectivity index (χ3v) is 4.01. The lowest BCUT2D eigenvalue weighted by atomic mass is 10.0. The van der Waals surface area contributed by atoms with Crippen molar-refractivity contribution in [1.29, 1.82) is 0 Å². The highest BCUT2D eigenvalue weighted by atomic mass is 32.2. The number of hydrogen-bond donors (Lipinski definition) is 0. The summed E-state index contributed by atoms with van der Waals surface area (Å²) in [6, 6.07) is 3.54. The van der Waals surface area contributed by atoms with Crippen LogP contribution < -0.4 is 4.90 Å². The average Bonchev–Trinajstić information content (AvgIpc) is 2.50. The molecule has 6 heteroatoms. The molecule has 1 aliphatic heterocycles. The smallest absolute Gasteiger partial charge is 0.299 e. The van der Waals surface area contributed by atoms with E-state index in [0.717, 1.165) is 17.4 Å². The van der Waals surface area contributed by atoms with Crippen LogP contribution in [0.15, 0.2) is 12.1 Å². The summed E-state index contributed by atoms with van der Waals surface area (Å²) in [5.41, 5.74) is 2.63. The van der Waals surface area contributed by atoms with Gasteiger partial charge in [0.25, 0.3) is 11.7 Å². The zero-order valence-corrected chi connectivity index (χ0v) is 11.9. The number of nitrogens with zero attached hydrogens (tertiary/aromatic N) is 1. The Bertz CT molecular complexity index is 676. The number of benzene rings is 1. The van der Waals surface area contributed by atoms with Gasteiger partial charge in [0.15, 0.2) is 0 Å². The molecular formula is C13H15NO4S. The lowest BCUT2D eigenvalue weighted by Crippen LogP contribution is -2.34. The van der Waals surface area contributed by atoms with E-state index in [4.69, 9.17) is 0 Å². The first-order chi connectivity index (χ1) is 8.70. The lowest BCUT2D eigenvalue weighted by Gasteiger charge is -2.18. The predicted octanol–water partition coefficient (Wildman–Crippen LogP) is 0.877. The number of rotatable bonds is 3. The van der Waals surface area contributed by atoms with E-state index in [9.17, 15) is 18.0 Å². The van der Waals surface area contributed by atoms with E-state index in [2.05, 4.69) is 0 Å². The summed E-state index contributed by atoms with van der Waals surface area (Å²) in [5, 5.41) is 0. The molecule has 0 saturated heterocycles. The Balaban J connectivity index is 2.44. The summed E-state index contributed by atoms with van der Waals surface area (Å²) >= 11 is 0. The zero-order valence-electron chi connectivity index (χ0n) is 11.1. The summed E-state index contributed by atoms with van der Waals surface area (Å²) in [6.45, 7) is 3.68. The second-order valence-corrected chi connectivity index (χ2v) is 7.15. The third-order valence-electron chi connectivity index (χ3n) is 3.08. The van der Waals surface area contributed by atoms with Gasteiger partial charge in [-0.25, -0.2) is 8.42 Å². The van der Waals surface area contributed by atoms with Gasteiger partial charge in [-0.3, -0.25) is 9.59 Å². The molecule has 5 nitrogen and oxygen atoms in total. The van der Waals surface area contributed by atoms with Gasteiger partial charge in [-0.05, 0) is 31.0 Å². The van der Waals surface area contributed by atoms with Crippen LogP contribution in [0.1, 0.15) is 21.5 Å². The first-order valence-corrected chi connectivity index (χ1v) is 7.92. The zero-order chi connectivity index (χ0) is 14.4. The molecule has 0 aromatic heterocycles. The van der Waals surface area contributed by atoms with Crippen molar-refractivity contribution >= 4 is 27.2 Å². The number of anilines is 1. The Morgan fingerprint density at radius 3 is 2.37 bits per heavy atom. The number of carbonyl (C=O) groups is 2. The minimum absolute atomic E-state index is 0.0142. The highest BCUT2D eigenvalue weighted by Gasteiger charge is 2.37. The summed E-state index contributed by atoms with van der Waals surface area (Å²) < 4.78 is 22.4. The summed E-state index contributed by atoms with van der Waals surface area (Å²) in [6.07, 6.45) is 1.11. The van der Waals surface area contributed by atoms with E-state index in [0.29, 0.717) is 11.3 Å². The molecule has 1 aromatic rings. The van der Waals surface area contributed by atoms with E-state index in [1.807, 2.05) is 19.9 Å². The molecule has 2 rings (SSSR count). The van der Waals surface area contributed by atoms with Crippen molar-refractivity contribution in [2.24, 2.45) is 0 Å². The van der Waals surface area contributed by atoms with Crippen LogP contribution in [0.4, 0.5) is 5.69 Å². The molecule has 102 valence electrons. The number of ketones is 1. The SMILES string of the molecule is Cc1cc(C)c2c(c1)C(=O)C(=O)N2CCS(C)(=O)=O. The van der Waals surface area contributed by atoms with Gasteiger partial charge in [-0.1, -0.05) is 6.07 Å². The Hall–Kier alpha value is -1.69. The highest BCUT2D eigenvalue weighted by Crippen LogP contribution is 2.33. The van der Waals surface area contributed by atoms with Crippen LogP contribution in [0.25, 0.3) is 0 Å². The van der Waals surface area contributed by atoms with Crippen LogP contribution >= 0.6 is 0 Å². The van der Waals surface area contributed by atoms with E-state index in [1.165, 1.54) is 4.90 Å². The molecular weight excluding hydrogens is 266 g/mol. The van der Waals surface area contributed by atoms with Crippen molar-refractivity contribution in [3.05, 3.63) is 28.8 Å². The van der Waals surface area contributed by atoms with Gasteiger partial charge in [-0.2, -0.15) is 0 Å². The molecule has 0 spiro atoms. The second kappa shape index (κ2) is 4.45. The third kappa shape index (κ3) is 2.53. The Morgan fingerprint density at radius 2 is 1.79 bits per heavy atom. The maximum absolute atomic E-state index is 11.9. The molecule has 0 atom stereocenters. The van der Waals surface area contributed by atoms with Gasteiger partial charge < -0.3 is 4.90 Å². The van der Waals surface area contributed by atoms with Crippen LogP contribution in [0.3, 0.4) is 0 Å². The molecule has 0 saturated carbocycles. The molecule has 0 unspecified atom stereocenters. The van der Waals surface area contributed by atoms with Crippen LogP contribution in [-0.4, -0.2) is 38.7 Å². The predicted molar refractivity (Wildman–Crippen MR) is 72.3 cm³/mol. The fourth-order valence-corrected chi connectivity index (χ4v) is 2.82. The van der Waals surface area contributed by atoms with Gasteiger partial charge in [-0.15, -0.1) is 0 Å². The molecule has 19 heavy (non-hydrogen) atoms. The van der Waals surface area contributed by atoms with Crippen molar-refractivity contribution < 1.29 is 18.0 Å². The molecule has 0 bridgehead atoms. The molecule has 0 fully saturated rings. The molecule has 0 radical (unpaired) electrons. The van der Waals surface area contributed by atoms with E-state index in [-0.39, 0.29) is 12.3 Å². The lowest BCUT2D eigenvalue weighted by molar-refractivity contribution is -0.114. The van der Waals surface area contributed by atoms with Gasteiger partial charge in [0, 0.05) is 12.8 Å². The molecule has 1 aliphatic rings. The van der Waals surface area contributed by atoms with Gasteiger partial charge in [0.1, 0.15) is 9.84 Å². The van der Waals surface area contributed by atoms with E-state index < -0.39 is 21.5 Å². The monoisotopic (exact) mass is 281 g/mol. The fourth-order valence-electron chi connectivity index (χ4n) is 2.30. The standard InChI is InChI=1S/C13H15NO4S/c1-8-6-9(2)11-10(7-8)12(15)13(16)14(11)4-5-19(3,17)18/h6-7H,4-5H2,1-3H3. The normalized spacial score (nSPS) is 15.0. The number of hydrogen-bond acceptors (Lipinski definition) is 4. The summed E-state index contributed by atoms with van der Waals surface area (Å²) in [7, 11) is -3.18. The second-order valence-electron chi connectivity index (χ2n) is 4.89. The number of Topliss-reactive ketones (excluding diaryl/α,β-unsaturated/α-hetero) is 1. The fraction of sp³-hybridized carbons (Fsp3) is 0.385. The number of amides is 1. The van der Waals surface area contributed by atoms with E-state index in [1.54, 1.807) is 6.07 Å². The Morgan fingerprint density at radius 1 is 1.16 bits per heavy atom. The largest absolute Gasteiger partial charge is 0.303 e. The van der Waals surface area contributed by atoms with Crippen LogP contribution in [0.5, 0.6) is 0 Å². The molecule has 1 aromatic carbocycles. The summed E-state index contributed by atoms with van der Waals surface area (Å²) in [5.74, 6) is -1.36. The first-order valence-electron chi connectivity index (χ1n) is 5.86. The van der Waals surface area contributed by atoms with Crippen molar-refractivity contribution in [1.82, 2.24) is 0 Å². The van der Waals surface area contributed by atoms with Crippen molar-refractivity contribution in [3.63, 3.8) is 0 Å². The average molecular weight is 281 g/mol. The number of sulfone groups is 1. The van der Waals surface area contributed by atoms with Gasteiger partial charge in [0.05, 0.1) is 17.0 Å². The number of aryl methyl sites for hydroxylation is 2. The topological polar surface area (TPSA) is 71.5 Å². The quantitative estimate of drug-likeness (QED) is 0.771. The van der Waals surface area contributed by atoms with Gasteiger partial charge >= 0.3 is 0 Å². The van der Waals surface area contributed by atoms with Crippen LogP contribution in [0.2, 0.25) is 0 Å². The van der Waals surface area contributed by atoms with Gasteiger partial charge in [0.2, 0.25) is 0 Å². The Labute approximate surface area is 112 Å². The molecule has 1 heterocycles. The maximum Gasteiger partial charge on any atom is 0.299 e. The Kier molecular flexibility index (Phi) is 3.22.